The van der Waals surface area contributed by atoms with E-state index in [9.17, 15) is 14.0 Å². The highest BCUT2D eigenvalue weighted by Crippen LogP contribution is 2.38. The summed E-state index contributed by atoms with van der Waals surface area (Å²) in [5.41, 5.74) is 6.62. The fourth-order valence-corrected chi connectivity index (χ4v) is 3.68. The highest BCUT2D eigenvalue weighted by atomic mass is 19.1. The number of amides is 1. The summed E-state index contributed by atoms with van der Waals surface area (Å²) in [5, 5.41) is 0. The van der Waals surface area contributed by atoms with Crippen LogP contribution in [0.5, 0.6) is 0 Å². The lowest BCUT2D eigenvalue weighted by molar-refractivity contribution is -0.139. The number of hydrogen-bond donors (Lipinski definition) is 2. The lowest BCUT2D eigenvalue weighted by Gasteiger charge is -2.34. The number of rotatable bonds is 3. The van der Waals surface area contributed by atoms with Gasteiger partial charge in [0.25, 0.3) is 5.91 Å². The standard InChI is InChI=1S/C19H24FN3O3/c1-4-26-18(25)14-10-23(17(24)12-6-5-7-13(20)8-12)11-19(2,3)15-9-21-22-16(14)15/h5-8,10,15-16,21-22H,4,9,11H2,1-3H3. The molecule has 0 radical (unpaired) electrons. The summed E-state index contributed by atoms with van der Waals surface area (Å²) in [6.45, 7) is 7.21. The van der Waals surface area contributed by atoms with Crippen molar-refractivity contribution in [3.05, 3.63) is 47.4 Å². The predicted octanol–water partition coefficient (Wildman–Crippen LogP) is 1.85. The molecule has 2 heterocycles. The SMILES string of the molecule is CCOC(=O)C1=CN(C(=O)c2cccc(F)c2)CC(C)(C)C2CNNC12. The Bertz CT molecular complexity index is 747. The Morgan fingerprint density at radius 2 is 2.15 bits per heavy atom. The monoisotopic (exact) mass is 361 g/mol. The number of hydrogen-bond acceptors (Lipinski definition) is 5. The van der Waals surface area contributed by atoms with Gasteiger partial charge in [-0.1, -0.05) is 19.9 Å². The molecule has 2 unspecified atom stereocenters. The second kappa shape index (κ2) is 7.17. The topological polar surface area (TPSA) is 70.7 Å². The van der Waals surface area contributed by atoms with Crippen molar-refractivity contribution in [2.75, 3.05) is 19.7 Å². The third kappa shape index (κ3) is 3.50. The first-order valence-electron chi connectivity index (χ1n) is 8.77. The molecule has 2 atom stereocenters. The number of nitrogens with one attached hydrogen (secondary N) is 2. The van der Waals surface area contributed by atoms with Gasteiger partial charge in [0.15, 0.2) is 0 Å². The van der Waals surface area contributed by atoms with Crippen LogP contribution in [0.4, 0.5) is 4.39 Å². The van der Waals surface area contributed by atoms with E-state index in [-0.39, 0.29) is 35.5 Å². The van der Waals surface area contributed by atoms with E-state index in [1.54, 1.807) is 19.2 Å². The molecular weight excluding hydrogens is 337 g/mol. The Balaban J connectivity index is 2.01. The number of fused-ring (bicyclic) bond motifs is 1. The number of halogens is 1. The number of ether oxygens (including phenoxy) is 1. The van der Waals surface area contributed by atoms with Gasteiger partial charge in [0.1, 0.15) is 5.82 Å². The van der Waals surface area contributed by atoms with Gasteiger partial charge in [-0.3, -0.25) is 10.2 Å². The maximum atomic E-state index is 13.5. The van der Waals surface area contributed by atoms with Crippen LogP contribution in [0.25, 0.3) is 0 Å². The highest BCUT2D eigenvalue weighted by molar-refractivity contribution is 5.97. The Kier molecular flexibility index (Phi) is 5.11. The van der Waals surface area contributed by atoms with E-state index in [1.807, 2.05) is 0 Å². The molecule has 140 valence electrons. The zero-order chi connectivity index (χ0) is 18.9. The minimum absolute atomic E-state index is 0.100. The van der Waals surface area contributed by atoms with E-state index in [0.717, 1.165) is 0 Å². The molecule has 7 heteroatoms. The fourth-order valence-electron chi connectivity index (χ4n) is 3.68. The van der Waals surface area contributed by atoms with Gasteiger partial charge in [-0.15, -0.1) is 0 Å². The number of carbonyl (C=O) groups excluding carboxylic acids is 2. The van der Waals surface area contributed by atoms with Gasteiger partial charge in [-0.05, 0) is 30.5 Å². The highest BCUT2D eigenvalue weighted by Gasteiger charge is 2.46. The van der Waals surface area contributed by atoms with Crippen molar-refractivity contribution >= 4 is 11.9 Å². The lowest BCUT2D eigenvalue weighted by atomic mass is 9.74. The first-order valence-corrected chi connectivity index (χ1v) is 8.77. The fraction of sp³-hybridized carbons (Fsp3) is 0.474. The maximum Gasteiger partial charge on any atom is 0.337 e. The summed E-state index contributed by atoms with van der Waals surface area (Å²) in [4.78, 5) is 27.0. The van der Waals surface area contributed by atoms with Gasteiger partial charge in [-0.2, -0.15) is 0 Å². The summed E-state index contributed by atoms with van der Waals surface area (Å²) < 4.78 is 18.7. The summed E-state index contributed by atoms with van der Waals surface area (Å²) >= 11 is 0. The Morgan fingerprint density at radius 1 is 1.38 bits per heavy atom. The molecule has 0 spiro atoms. The third-order valence-electron chi connectivity index (χ3n) is 5.04. The second-order valence-electron chi connectivity index (χ2n) is 7.35. The molecule has 1 saturated heterocycles. The van der Waals surface area contributed by atoms with E-state index < -0.39 is 11.8 Å². The zero-order valence-electron chi connectivity index (χ0n) is 15.2. The van der Waals surface area contributed by atoms with E-state index in [2.05, 4.69) is 24.7 Å². The van der Waals surface area contributed by atoms with Crippen LogP contribution in [-0.2, 0) is 9.53 Å². The number of benzene rings is 1. The van der Waals surface area contributed by atoms with E-state index >= 15 is 0 Å². The van der Waals surface area contributed by atoms with Crippen LogP contribution < -0.4 is 10.9 Å². The van der Waals surface area contributed by atoms with Crippen LogP contribution in [0.1, 0.15) is 31.1 Å². The minimum Gasteiger partial charge on any atom is -0.463 e. The molecule has 1 amide bonds. The molecule has 0 aromatic heterocycles. The first kappa shape index (κ1) is 18.5. The molecule has 1 aromatic rings. The molecule has 3 rings (SSSR count). The Labute approximate surface area is 152 Å². The molecule has 1 fully saturated rings. The lowest BCUT2D eigenvalue weighted by Crippen LogP contribution is -2.42. The predicted molar refractivity (Wildman–Crippen MR) is 94.3 cm³/mol. The maximum absolute atomic E-state index is 13.5. The second-order valence-corrected chi connectivity index (χ2v) is 7.35. The van der Waals surface area contributed by atoms with Crippen LogP contribution in [0.15, 0.2) is 36.0 Å². The van der Waals surface area contributed by atoms with Crippen LogP contribution in [0.2, 0.25) is 0 Å². The van der Waals surface area contributed by atoms with Crippen LogP contribution in [-0.4, -0.2) is 42.5 Å². The van der Waals surface area contributed by atoms with Gasteiger partial charge in [0.05, 0.1) is 18.2 Å². The molecule has 0 bridgehead atoms. The summed E-state index contributed by atoms with van der Waals surface area (Å²) in [5.74, 6) is -1.16. The van der Waals surface area contributed by atoms with Crippen molar-refractivity contribution < 1.29 is 18.7 Å². The van der Waals surface area contributed by atoms with Gasteiger partial charge in [0.2, 0.25) is 0 Å². The first-order chi connectivity index (χ1) is 12.3. The van der Waals surface area contributed by atoms with Crippen molar-refractivity contribution in [3.63, 3.8) is 0 Å². The molecule has 0 saturated carbocycles. The van der Waals surface area contributed by atoms with Crippen LogP contribution >= 0.6 is 0 Å². The molecule has 6 nitrogen and oxygen atoms in total. The van der Waals surface area contributed by atoms with Crippen molar-refractivity contribution in [3.8, 4) is 0 Å². The van der Waals surface area contributed by atoms with E-state index in [4.69, 9.17) is 4.74 Å². The minimum atomic E-state index is -0.470. The molecular formula is C19H24FN3O3. The van der Waals surface area contributed by atoms with Crippen molar-refractivity contribution in [1.29, 1.82) is 0 Å². The number of esters is 1. The molecule has 2 aliphatic rings. The summed E-state index contributed by atoms with van der Waals surface area (Å²) in [6, 6.07) is 5.32. The van der Waals surface area contributed by atoms with Gasteiger partial charge >= 0.3 is 5.97 Å². The number of carbonyl (C=O) groups is 2. The smallest absolute Gasteiger partial charge is 0.337 e. The van der Waals surface area contributed by atoms with Crippen molar-refractivity contribution in [2.45, 2.75) is 26.8 Å². The zero-order valence-corrected chi connectivity index (χ0v) is 15.2. The van der Waals surface area contributed by atoms with E-state index in [0.29, 0.717) is 18.7 Å². The number of hydrazine groups is 1. The number of nitrogens with zero attached hydrogens (tertiary/aromatic N) is 1. The molecule has 26 heavy (non-hydrogen) atoms. The van der Waals surface area contributed by atoms with E-state index in [1.165, 1.54) is 23.1 Å². The largest absolute Gasteiger partial charge is 0.463 e. The molecule has 2 aliphatic heterocycles. The van der Waals surface area contributed by atoms with Crippen LogP contribution in [0, 0.1) is 17.2 Å². The normalized spacial score (nSPS) is 24.5. The van der Waals surface area contributed by atoms with Gasteiger partial charge in [-0.25, -0.2) is 14.6 Å². The van der Waals surface area contributed by atoms with Crippen molar-refractivity contribution in [2.24, 2.45) is 11.3 Å². The molecule has 1 aromatic carbocycles. The summed E-state index contributed by atoms with van der Waals surface area (Å²) in [6.07, 6.45) is 1.55. The van der Waals surface area contributed by atoms with Crippen molar-refractivity contribution in [1.82, 2.24) is 15.8 Å². The molecule has 0 aliphatic carbocycles. The average Bonchev–Trinajstić information content (AvgIpc) is 3.04. The van der Waals surface area contributed by atoms with Gasteiger partial charge in [0, 0.05) is 30.8 Å². The quantitative estimate of drug-likeness (QED) is 0.804. The van der Waals surface area contributed by atoms with Crippen LogP contribution in [0.3, 0.4) is 0 Å². The average molecular weight is 361 g/mol. The summed E-state index contributed by atoms with van der Waals surface area (Å²) in [7, 11) is 0. The van der Waals surface area contributed by atoms with Gasteiger partial charge < -0.3 is 9.64 Å². The Morgan fingerprint density at radius 3 is 2.85 bits per heavy atom. The Hall–Kier alpha value is -2.25. The third-order valence-corrected chi connectivity index (χ3v) is 5.04. The molecule has 2 N–H and O–H groups in total.